The highest BCUT2D eigenvalue weighted by Crippen LogP contribution is 2.52. The van der Waals surface area contributed by atoms with Crippen LogP contribution < -0.4 is 0 Å². The quantitative estimate of drug-likeness (QED) is 0.733. The third kappa shape index (κ3) is 2.63. The zero-order chi connectivity index (χ0) is 11.4. The Balaban J connectivity index is 2.19. The minimum Gasteiger partial charge on any atom is -0.321 e. The van der Waals surface area contributed by atoms with E-state index in [4.69, 9.17) is 4.52 Å². The van der Waals surface area contributed by atoms with Gasteiger partial charge < -0.3 is 4.52 Å². The van der Waals surface area contributed by atoms with Crippen LogP contribution in [-0.4, -0.2) is 6.16 Å². The van der Waals surface area contributed by atoms with Gasteiger partial charge in [0, 0.05) is 12.0 Å². The smallest absolute Gasteiger partial charge is 0.225 e. The van der Waals surface area contributed by atoms with Crippen molar-refractivity contribution in [2.75, 3.05) is 6.16 Å². The van der Waals surface area contributed by atoms with Crippen molar-refractivity contribution in [1.29, 1.82) is 0 Å². The first-order chi connectivity index (χ1) is 7.73. The summed E-state index contributed by atoms with van der Waals surface area (Å²) in [5, 5.41) is 0. The van der Waals surface area contributed by atoms with Gasteiger partial charge in [-0.1, -0.05) is 37.6 Å². The Kier molecular flexibility index (Phi) is 3.63. The number of hydrogen-bond acceptors (Lipinski definition) is 2. The standard InChI is InChI=1S/C13H17O2P/c1-2-3-9-16(14)10-8-12-6-4-5-7-13(12)11-15-16/h4-8,10H,2-3,9,11H2,1H3. The summed E-state index contributed by atoms with van der Waals surface area (Å²) in [5.74, 6) is 1.77. The second-order valence-electron chi connectivity index (χ2n) is 4.09. The number of unbranched alkanes of at least 4 members (excludes halogenated alkanes) is 1. The predicted molar refractivity (Wildman–Crippen MR) is 67.6 cm³/mol. The molecule has 16 heavy (non-hydrogen) atoms. The molecule has 3 heteroatoms. The van der Waals surface area contributed by atoms with Crippen molar-refractivity contribution >= 4 is 13.4 Å². The van der Waals surface area contributed by atoms with Gasteiger partial charge in [0.15, 0.2) is 0 Å². The monoisotopic (exact) mass is 236 g/mol. The van der Waals surface area contributed by atoms with Crippen LogP contribution in [0.25, 0.3) is 6.08 Å². The van der Waals surface area contributed by atoms with Gasteiger partial charge in [0.05, 0.1) is 6.61 Å². The molecule has 1 aliphatic heterocycles. The minimum atomic E-state index is -2.54. The maximum absolute atomic E-state index is 12.4. The van der Waals surface area contributed by atoms with E-state index in [1.165, 1.54) is 0 Å². The molecule has 1 aliphatic rings. The van der Waals surface area contributed by atoms with Crippen molar-refractivity contribution in [3.8, 4) is 0 Å². The molecular formula is C13H17O2P. The van der Waals surface area contributed by atoms with Gasteiger partial charge in [-0.2, -0.15) is 0 Å². The average Bonchev–Trinajstić information content (AvgIpc) is 2.48. The highest BCUT2D eigenvalue weighted by Gasteiger charge is 2.21. The average molecular weight is 236 g/mol. The zero-order valence-electron chi connectivity index (χ0n) is 9.56. The van der Waals surface area contributed by atoms with Gasteiger partial charge in [0.2, 0.25) is 7.37 Å². The SMILES string of the molecule is CCCCP1(=O)C=Cc2ccccc2CO1. The van der Waals surface area contributed by atoms with Gasteiger partial charge in [0.1, 0.15) is 0 Å². The Hall–Kier alpha value is -0.850. The molecule has 2 rings (SSSR count). The summed E-state index contributed by atoms with van der Waals surface area (Å²) in [6.07, 6.45) is 4.61. The van der Waals surface area contributed by atoms with Crippen LogP contribution in [0, 0.1) is 0 Å². The number of hydrogen-bond donors (Lipinski definition) is 0. The van der Waals surface area contributed by atoms with Crippen LogP contribution in [0.2, 0.25) is 0 Å². The van der Waals surface area contributed by atoms with Crippen LogP contribution in [-0.2, 0) is 15.7 Å². The van der Waals surface area contributed by atoms with Crippen molar-refractivity contribution in [3.05, 3.63) is 41.2 Å². The Morgan fingerprint density at radius 3 is 3.00 bits per heavy atom. The van der Waals surface area contributed by atoms with Crippen LogP contribution in [0.5, 0.6) is 0 Å². The molecule has 1 atom stereocenters. The van der Waals surface area contributed by atoms with E-state index in [0.29, 0.717) is 12.8 Å². The predicted octanol–water partition coefficient (Wildman–Crippen LogP) is 4.27. The normalized spacial score (nSPS) is 23.8. The molecule has 0 saturated carbocycles. The van der Waals surface area contributed by atoms with E-state index in [0.717, 1.165) is 24.0 Å². The van der Waals surface area contributed by atoms with Gasteiger partial charge in [-0.25, -0.2) is 0 Å². The maximum atomic E-state index is 12.4. The van der Waals surface area contributed by atoms with Crippen LogP contribution in [0.3, 0.4) is 0 Å². The number of fused-ring (bicyclic) bond motifs is 1. The summed E-state index contributed by atoms with van der Waals surface area (Å²) in [6, 6.07) is 8.03. The lowest BCUT2D eigenvalue weighted by atomic mass is 10.1. The minimum absolute atomic E-state index is 0.462. The fourth-order valence-corrected chi connectivity index (χ4v) is 3.63. The second-order valence-corrected chi connectivity index (χ2v) is 6.55. The number of benzene rings is 1. The van der Waals surface area contributed by atoms with Gasteiger partial charge in [-0.05, 0) is 23.6 Å². The van der Waals surface area contributed by atoms with Crippen molar-refractivity contribution in [2.45, 2.75) is 26.4 Å². The van der Waals surface area contributed by atoms with Gasteiger partial charge in [-0.15, -0.1) is 0 Å². The Bertz CT molecular complexity index is 437. The summed E-state index contributed by atoms with van der Waals surface area (Å²) in [5.41, 5.74) is 2.24. The Labute approximate surface area is 96.8 Å². The lowest BCUT2D eigenvalue weighted by Crippen LogP contribution is -1.93. The zero-order valence-corrected chi connectivity index (χ0v) is 10.5. The topological polar surface area (TPSA) is 26.3 Å². The van der Waals surface area contributed by atoms with Crippen LogP contribution in [0.1, 0.15) is 30.9 Å². The molecule has 0 aromatic heterocycles. The highest BCUT2D eigenvalue weighted by atomic mass is 31.2. The van der Waals surface area contributed by atoms with Gasteiger partial charge in [-0.3, -0.25) is 4.57 Å². The molecule has 86 valence electrons. The van der Waals surface area contributed by atoms with E-state index in [2.05, 4.69) is 6.92 Å². The first-order valence-corrected chi connectivity index (χ1v) is 7.62. The van der Waals surface area contributed by atoms with Crippen LogP contribution >= 0.6 is 7.37 Å². The summed E-state index contributed by atoms with van der Waals surface area (Å²) in [7, 11) is -2.54. The molecule has 0 radical (unpaired) electrons. The van der Waals surface area contributed by atoms with E-state index in [1.807, 2.05) is 30.3 Å². The van der Waals surface area contributed by atoms with Crippen molar-refractivity contribution < 1.29 is 9.09 Å². The molecule has 0 aliphatic carbocycles. The van der Waals surface area contributed by atoms with Crippen LogP contribution in [0.15, 0.2) is 30.1 Å². The lowest BCUT2D eigenvalue weighted by Gasteiger charge is -2.12. The molecule has 0 spiro atoms. The van der Waals surface area contributed by atoms with Gasteiger partial charge >= 0.3 is 0 Å². The Morgan fingerprint density at radius 1 is 1.38 bits per heavy atom. The molecule has 0 fully saturated rings. The third-order valence-corrected chi connectivity index (χ3v) is 4.91. The lowest BCUT2D eigenvalue weighted by molar-refractivity contribution is 0.309. The molecule has 1 aromatic carbocycles. The summed E-state index contributed by atoms with van der Waals surface area (Å²) >= 11 is 0. The van der Waals surface area contributed by atoms with Gasteiger partial charge in [0.25, 0.3) is 0 Å². The first-order valence-electron chi connectivity index (χ1n) is 5.74. The van der Waals surface area contributed by atoms with Crippen LogP contribution in [0.4, 0.5) is 0 Å². The Morgan fingerprint density at radius 2 is 2.19 bits per heavy atom. The maximum Gasteiger partial charge on any atom is 0.225 e. The van der Waals surface area contributed by atoms with Crippen molar-refractivity contribution in [2.24, 2.45) is 0 Å². The summed E-state index contributed by atoms with van der Waals surface area (Å²) in [6.45, 7) is 2.56. The fourth-order valence-electron chi connectivity index (χ4n) is 1.76. The largest absolute Gasteiger partial charge is 0.321 e. The number of rotatable bonds is 3. The fraction of sp³-hybridized carbons (Fsp3) is 0.385. The molecule has 0 bridgehead atoms. The molecule has 1 aromatic rings. The molecular weight excluding hydrogens is 219 g/mol. The summed E-state index contributed by atoms with van der Waals surface area (Å²) in [4.78, 5) is 0. The van der Waals surface area contributed by atoms with E-state index < -0.39 is 7.37 Å². The van der Waals surface area contributed by atoms with Crippen molar-refractivity contribution in [3.63, 3.8) is 0 Å². The van der Waals surface area contributed by atoms with E-state index in [9.17, 15) is 4.57 Å². The first kappa shape index (κ1) is 11.6. The highest BCUT2D eigenvalue weighted by molar-refractivity contribution is 7.62. The molecule has 2 nitrogen and oxygen atoms in total. The van der Waals surface area contributed by atoms with E-state index in [-0.39, 0.29) is 0 Å². The molecule has 0 amide bonds. The molecule has 0 N–H and O–H groups in total. The molecule has 0 saturated heterocycles. The molecule has 1 unspecified atom stereocenters. The van der Waals surface area contributed by atoms with Crippen molar-refractivity contribution in [1.82, 2.24) is 0 Å². The van der Waals surface area contributed by atoms with E-state index in [1.54, 1.807) is 5.82 Å². The second kappa shape index (κ2) is 4.99. The third-order valence-electron chi connectivity index (χ3n) is 2.80. The van der Waals surface area contributed by atoms with E-state index >= 15 is 0 Å². The molecule has 1 heterocycles. The summed E-state index contributed by atoms with van der Waals surface area (Å²) < 4.78 is 18.0.